The fourth-order valence-corrected chi connectivity index (χ4v) is 7.36. The van der Waals surface area contributed by atoms with Crippen LogP contribution in [0.4, 0.5) is 0 Å². The van der Waals surface area contributed by atoms with Crippen LogP contribution in [0.1, 0.15) is 0 Å². The van der Waals surface area contributed by atoms with E-state index >= 15 is 0 Å². The van der Waals surface area contributed by atoms with Gasteiger partial charge in [-0.1, -0.05) is 115 Å². The van der Waals surface area contributed by atoms with Crippen LogP contribution in [0.2, 0.25) is 0 Å². The third kappa shape index (κ3) is 5.04. The Labute approximate surface area is 294 Å². The summed E-state index contributed by atoms with van der Waals surface area (Å²) in [6, 6.07) is 57.2. The van der Waals surface area contributed by atoms with Crippen molar-refractivity contribution in [3.63, 3.8) is 0 Å². The van der Waals surface area contributed by atoms with E-state index in [1.54, 1.807) is 0 Å². The topological polar surface area (TPSA) is 51.8 Å². The zero-order chi connectivity index (χ0) is 33.7. The lowest BCUT2D eigenvalue weighted by atomic mass is 9.90. The van der Waals surface area contributed by atoms with E-state index in [4.69, 9.17) is 14.4 Å². The maximum absolute atomic E-state index is 6.29. The number of rotatable bonds is 5. The Morgan fingerprint density at radius 3 is 1.94 bits per heavy atom. The van der Waals surface area contributed by atoms with Gasteiger partial charge in [-0.3, -0.25) is 4.98 Å². The van der Waals surface area contributed by atoms with Crippen molar-refractivity contribution in [2.24, 2.45) is 0 Å². The minimum absolute atomic E-state index is 0.664. The number of fused-ring (bicyclic) bond motifs is 6. The molecule has 3 heterocycles. The average molecular weight is 652 g/mol. The third-order valence-corrected chi connectivity index (χ3v) is 9.74. The highest BCUT2D eigenvalue weighted by Gasteiger charge is 2.18. The monoisotopic (exact) mass is 651 g/mol. The van der Waals surface area contributed by atoms with E-state index in [-0.39, 0.29) is 0 Å². The van der Waals surface area contributed by atoms with Gasteiger partial charge in [-0.15, -0.1) is 0 Å². The summed E-state index contributed by atoms with van der Waals surface area (Å²) < 4.78 is 6.29. The van der Waals surface area contributed by atoms with Crippen LogP contribution in [-0.2, 0) is 0 Å². The summed E-state index contributed by atoms with van der Waals surface area (Å²) >= 11 is 0. The van der Waals surface area contributed by atoms with Gasteiger partial charge >= 0.3 is 0 Å². The van der Waals surface area contributed by atoms with Gasteiger partial charge in [0.1, 0.15) is 11.2 Å². The lowest BCUT2D eigenvalue weighted by Gasteiger charge is -2.15. The molecule has 0 fully saturated rings. The molecule has 0 N–H and O–H groups in total. The van der Waals surface area contributed by atoms with E-state index in [9.17, 15) is 0 Å². The third-order valence-electron chi connectivity index (χ3n) is 9.74. The van der Waals surface area contributed by atoms with Crippen molar-refractivity contribution in [3.8, 4) is 56.2 Å². The molecule has 0 atom stereocenters. The van der Waals surface area contributed by atoms with E-state index in [1.807, 2.05) is 60.9 Å². The first-order valence-corrected chi connectivity index (χ1v) is 17.1. The standard InChI is InChI=1S/C47H29N3O/c1-2-12-30(13-3-1)47-49-42(28-43(50-47)39-20-10-22-45-46(39)40-19-8-9-21-44(40)51-45)35-25-33(32-15-11-23-48-29-32)24-34(26-35)41-27-31-14-4-5-16-36(31)37-17-6-7-18-38(37)41/h1-29H. The second kappa shape index (κ2) is 11.9. The van der Waals surface area contributed by atoms with Crippen molar-refractivity contribution in [1.82, 2.24) is 15.0 Å². The van der Waals surface area contributed by atoms with Crippen molar-refractivity contribution in [1.29, 1.82) is 0 Å². The van der Waals surface area contributed by atoms with Gasteiger partial charge in [-0.05, 0) is 86.8 Å². The Bertz CT molecular complexity index is 2910. The van der Waals surface area contributed by atoms with Crippen LogP contribution in [0.15, 0.2) is 181 Å². The summed E-state index contributed by atoms with van der Waals surface area (Å²) in [5.41, 5.74) is 10.7. The predicted octanol–water partition coefficient (Wildman–Crippen LogP) is 12.4. The van der Waals surface area contributed by atoms with E-state index in [1.165, 1.54) is 27.1 Å². The summed E-state index contributed by atoms with van der Waals surface area (Å²) in [5, 5.41) is 7.00. The van der Waals surface area contributed by atoms with Crippen LogP contribution < -0.4 is 0 Å². The van der Waals surface area contributed by atoms with Crippen LogP contribution in [0.3, 0.4) is 0 Å². The van der Waals surface area contributed by atoms with Gasteiger partial charge in [-0.2, -0.15) is 0 Å². The molecule has 0 aliphatic rings. The molecule has 0 aliphatic carbocycles. The van der Waals surface area contributed by atoms with Crippen molar-refractivity contribution < 1.29 is 4.42 Å². The molecule has 4 nitrogen and oxygen atoms in total. The zero-order valence-corrected chi connectivity index (χ0v) is 27.5. The Balaban J connectivity index is 1.26. The van der Waals surface area contributed by atoms with E-state index in [2.05, 4.69) is 120 Å². The van der Waals surface area contributed by atoms with Crippen molar-refractivity contribution >= 4 is 43.5 Å². The molecule has 0 unspecified atom stereocenters. The normalized spacial score (nSPS) is 11.5. The number of aromatic nitrogens is 3. The molecule has 0 spiro atoms. The second-order valence-corrected chi connectivity index (χ2v) is 12.8. The Morgan fingerprint density at radius 1 is 0.392 bits per heavy atom. The molecule has 0 amide bonds. The van der Waals surface area contributed by atoms with Crippen LogP contribution in [0, 0.1) is 0 Å². The number of hydrogen-bond donors (Lipinski definition) is 0. The summed E-state index contributed by atoms with van der Waals surface area (Å²) in [4.78, 5) is 14.9. The predicted molar refractivity (Wildman–Crippen MR) is 209 cm³/mol. The molecule has 10 aromatic rings. The van der Waals surface area contributed by atoms with Gasteiger partial charge in [0.2, 0.25) is 0 Å². The first kappa shape index (κ1) is 29.0. The Kier molecular flexibility index (Phi) is 6.78. The molecule has 0 radical (unpaired) electrons. The molecule has 0 bridgehead atoms. The van der Waals surface area contributed by atoms with Crippen LogP contribution in [0.5, 0.6) is 0 Å². The second-order valence-electron chi connectivity index (χ2n) is 12.8. The molecule has 10 rings (SSSR count). The first-order valence-electron chi connectivity index (χ1n) is 17.1. The summed E-state index contributed by atoms with van der Waals surface area (Å²) in [6.07, 6.45) is 3.74. The summed E-state index contributed by atoms with van der Waals surface area (Å²) in [6.45, 7) is 0. The molecule has 4 heteroatoms. The van der Waals surface area contributed by atoms with Gasteiger partial charge < -0.3 is 4.42 Å². The molecule has 0 saturated heterocycles. The molecule has 7 aromatic carbocycles. The van der Waals surface area contributed by atoms with E-state index in [0.717, 1.165) is 66.7 Å². The molecule has 51 heavy (non-hydrogen) atoms. The van der Waals surface area contributed by atoms with E-state index < -0.39 is 0 Å². The maximum Gasteiger partial charge on any atom is 0.160 e. The molecule has 0 aliphatic heterocycles. The molecular formula is C47H29N3O. The number of para-hydroxylation sites is 1. The number of furan rings is 1. The molecular weight excluding hydrogens is 623 g/mol. The van der Waals surface area contributed by atoms with Crippen LogP contribution in [0.25, 0.3) is 99.6 Å². The van der Waals surface area contributed by atoms with Gasteiger partial charge in [-0.25, -0.2) is 9.97 Å². The van der Waals surface area contributed by atoms with Gasteiger partial charge in [0.05, 0.1) is 11.4 Å². The quantitative estimate of drug-likeness (QED) is 0.174. The molecule has 3 aromatic heterocycles. The minimum Gasteiger partial charge on any atom is -0.456 e. The SMILES string of the molecule is c1ccc(-c2nc(-c3cc(-c4cccnc4)cc(-c4cc5ccccc5c5ccccc45)c3)cc(-c3cccc4oc5ccccc5c34)n2)cc1. The fraction of sp³-hybridized carbons (Fsp3) is 0. The number of benzene rings is 7. The largest absolute Gasteiger partial charge is 0.456 e. The smallest absolute Gasteiger partial charge is 0.160 e. The zero-order valence-electron chi connectivity index (χ0n) is 27.5. The average Bonchev–Trinajstić information content (AvgIpc) is 3.60. The lowest BCUT2D eigenvalue weighted by Crippen LogP contribution is -1.97. The Morgan fingerprint density at radius 2 is 1.08 bits per heavy atom. The minimum atomic E-state index is 0.664. The van der Waals surface area contributed by atoms with Crippen molar-refractivity contribution in [3.05, 3.63) is 176 Å². The summed E-state index contributed by atoms with van der Waals surface area (Å²) in [5.74, 6) is 0.664. The van der Waals surface area contributed by atoms with Crippen molar-refractivity contribution in [2.75, 3.05) is 0 Å². The number of nitrogens with zero attached hydrogens (tertiary/aromatic N) is 3. The van der Waals surface area contributed by atoms with Crippen LogP contribution in [-0.4, -0.2) is 15.0 Å². The van der Waals surface area contributed by atoms with Crippen molar-refractivity contribution in [2.45, 2.75) is 0 Å². The highest BCUT2D eigenvalue weighted by Crippen LogP contribution is 2.41. The maximum atomic E-state index is 6.29. The number of pyridine rings is 1. The van der Waals surface area contributed by atoms with Gasteiger partial charge in [0.25, 0.3) is 0 Å². The number of hydrogen-bond acceptors (Lipinski definition) is 4. The molecule has 0 saturated carbocycles. The van der Waals surface area contributed by atoms with Gasteiger partial charge in [0, 0.05) is 45.4 Å². The van der Waals surface area contributed by atoms with E-state index in [0.29, 0.717) is 5.82 Å². The highest BCUT2D eigenvalue weighted by molar-refractivity contribution is 6.14. The van der Waals surface area contributed by atoms with Crippen LogP contribution >= 0.6 is 0 Å². The first-order chi connectivity index (χ1) is 25.3. The van der Waals surface area contributed by atoms with Gasteiger partial charge in [0.15, 0.2) is 5.82 Å². The fourth-order valence-electron chi connectivity index (χ4n) is 7.36. The Hall–Kier alpha value is -6.91. The summed E-state index contributed by atoms with van der Waals surface area (Å²) in [7, 11) is 0. The molecule has 238 valence electrons. The lowest BCUT2D eigenvalue weighted by molar-refractivity contribution is 0.669. The highest BCUT2D eigenvalue weighted by atomic mass is 16.3.